The van der Waals surface area contributed by atoms with E-state index in [1.165, 1.54) is 0 Å². The summed E-state index contributed by atoms with van der Waals surface area (Å²) in [6.07, 6.45) is -15.6. The van der Waals surface area contributed by atoms with Gasteiger partial charge in [-0.05, 0) is 0 Å². The quantitative estimate of drug-likeness (QED) is 0.367. The van der Waals surface area contributed by atoms with Crippen molar-refractivity contribution in [2.24, 2.45) is 0 Å². The summed E-state index contributed by atoms with van der Waals surface area (Å²) >= 11 is 0. The lowest BCUT2D eigenvalue weighted by Crippen LogP contribution is -2.65. The zero-order chi connectivity index (χ0) is 28.6. The normalized spacial score (nSPS) is 16.5. The second-order valence-corrected chi connectivity index (χ2v) is 9.99. The Morgan fingerprint density at radius 3 is 0.735 bits per heavy atom. The number of alkyl halides is 18. The maximum absolute atomic E-state index is 13.5. The molecule has 0 spiro atoms. The summed E-state index contributed by atoms with van der Waals surface area (Å²) in [7, 11) is -17.4. The van der Waals surface area contributed by atoms with E-state index in [0.717, 1.165) is 6.58 Å². The minimum atomic E-state index is -8.71. The van der Waals surface area contributed by atoms with Crippen LogP contribution in [0.1, 0.15) is 0 Å². The van der Waals surface area contributed by atoms with E-state index in [4.69, 9.17) is 0 Å². The fourth-order valence-corrected chi connectivity index (χ4v) is 4.78. The number of halogens is 18. The van der Waals surface area contributed by atoms with E-state index in [1.807, 2.05) is 0 Å². The second kappa shape index (κ2) is 7.69. The molecule has 0 radical (unpaired) electrons. The van der Waals surface area contributed by atoms with Gasteiger partial charge in [0, 0.05) is 0 Å². The third kappa shape index (κ3) is 3.86. The minimum absolute atomic E-state index is 1.09. The van der Waals surface area contributed by atoms with E-state index in [0.29, 0.717) is 0 Å². The highest BCUT2D eigenvalue weighted by molar-refractivity contribution is 8.15. The van der Waals surface area contributed by atoms with Crippen molar-refractivity contribution in [2.45, 2.75) is 46.6 Å². The first-order valence-electron chi connectivity index (χ1n) is 6.74. The van der Waals surface area contributed by atoms with Crippen LogP contribution in [0, 0.1) is 0 Å². The molecule has 0 unspecified atom stereocenters. The van der Waals surface area contributed by atoms with Gasteiger partial charge in [0.2, 0.25) is 0 Å². The molecule has 0 atom stereocenters. The zero-order valence-corrected chi connectivity index (χ0v) is 16.1. The maximum atomic E-state index is 13.5. The van der Waals surface area contributed by atoms with Gasteiger partial charge in [-0.15, -0.1) is 0 Å². The largest absolute Gasteiger partial charge is 0.460 e. The van der Waals surface area contributed by atoms with Gasteiger partial charge >= 0.3 is 46.6 Å². The Bertz CT molecular complexity index is 948. The lowest BCUT2D eigenvalue weighted by Gasteiger charge is -2.35. The van der Waals surface area contributed by atoms with Gasteiger partial charge in [-0.25, -0.2) is 16.8 Å². The molecule has 0 aliphatic heterocycles. The van der Waals surface area contributed by atoms with Crippen LogP contribution in [0.25, 0.3) is 0 Å². The van der Waals surface area contributed by atoms with Crippen LogP contribution in [-0.2, 0) is 19.7 Å². The molecule has 0 N–H and O–H groups in total. The van der Waals surface area contributed by atoms with Crippen LogP contribution in [0.4, 0.5) is 79.0 Å². The number of hydrogen-bond donors (Lipinski definition) is 0. The first-order chi connectivity index (χ1) is 14.2. The van der Waals surface area contributed by atoms with Gasteiger partial charge in [-0.1, -0.05) is 6.58 Å². The fourth-order valence-electron chi connectivity index (χ4n) is 1.49. The number of sulfone groups is 2. The number of hydrogen-bond acceptors (Lipinski definition) is 4. The van der Waals surface area contributed by atoms with Crippen LogP contribution >= 0.6 is 0 Å². The Labute approximate surface area is 174 Å². The van der Waals surface area contributed by atoms with Crippen LogP contribution in [0.2, 0.25) is 0 Å². The van der Waals surface area contributed by atoms with Gasteiger partial charge in [-0.2, -0.15) is 79.0 Å². The monoisotopic (exact) mass is 592 g/mol. The Hall–Kier alpha value is -1.62. The van der Waals surface area contributed by atoms with Crippen molar-refractivity contribution in [1.82, 2.24) is 0 Å². The molecule has 0 aliphatic rings. The van der Waals surface area contributed by atoms with Gasteiger partial charge in [-0.3, -0.25) is 0 Å². The van der Waals surface area contributed by atoms with Crippen LogP contribution in [0.15, 0.2) is 10.8 Å². The molecule has 204 valence electrons. The highest BCUT2D eigenvalue weighted by atomic mass is 32.3. The van der Waals surface area contributed by atoms with Crippen molar-refractivity contribution in [2.75, 3.05) is 0 Å². The van der Waals surface area contributed by atoms with Gasteiger partial charge in [0.15, 0.2) is 4.24 Å². The minimum Gasteiger partial charge on any atom is -0.216 e. The Morgan fingerprint density at radius 2 is 0.588 bits per heavy atom. The summed E-state index contributed by atoms with van der Waals surface area (Å²) in [6.45, 7) is 1.09. The zero-order valence-electron chi connectivity index (χ0n) is 14.5. The SMILES string of the molecule is C=C(S(=O)(=O)C(F)(F)C(F)(F)C(F)(F)C(F)(F)F)S(=O)(=O)C(F)(F)C(F)(F)C(F)(F)C(F)(F)F. The topological polar surface area (TPSA) is 68.3 Å². The van der Waals surface area contributed by atoms with Crippen molar-refractivity contribution in [1.29, 1.82) is 0 Å². The highest BCUT2D eigenvalue weighted by Crippen LogP contribution is 2.59. The predicted molar refractivity (Wildman–Crippen MR) is 68.8 cm³/mol. The molecule has 0 rings (SSSR count). The third-order valence-corrected chi connectivity index (χ3v) is 7.88. The van der Waals surface area contributed by atoms with Crippen molar-refractivity contribution >= 4 is 19.7 Å². The first kappa shape index (κ1) is 32.4. The van der Waals surface area contributed by atoms with Gasteiger partial charge < -0.3 is 0 Å². The molecule has 0 aromatic carbocycles. The van der Waals surface area contributed by atoms with Gasteiger partial charge in [0.25, 0.3) is 19.7 Å². The van der Waals surface area contributed by atoms with Crippen molar-refractivity contribution in [3.05, 3.63) is 10.8 Å². The molecular formula is C10H2F18O4S2. The van der Waals surface area contributed by atoms with Crippen LogP contribution < -0.4 is 0 Å². The van der Waals surface area contributed by atoms with Crippen LogP contribution in [0.3, 0.4) is 0 Å². The van der Waals surface area contributed by atoms with E-state index < -0.39 is 70.5 Å². The molecule has 0 saturated heterocycles. The third-order valence-electron chi connectivity index (χ3n) is 3.51. The second-order valence-electron chi connectivity index (χ2n) is 5.71. The molecule has 0 aliphatic carbocycles. The molecule has 0 heterocycles. The Morgan fingerprint density at radius 1 is 0.412 bits per heavy atom. The summed E-state index contributed by atoms with van der Waals surface area (Å²) in [5.74, 6) is -32.9. The lowest BCUT2D eigenvalue weighted by atomic mass is 10.1. The molecular weight excluding hydrogens is 590 g/mol. The molecule has 24 heteroatoms. The lowest BCUT2D eigenvalue weighted by molar-refractivity contribution is -0.382. The molecule has 0 amide bonds. The van der Waals surface area contributed by atoms with Crippen molar-refractivity contribution < 1.29 is 95.9 Å². The molecule has 0 bridgehead atoms. The molecule has 0 aromatic rings. The van der Waals surface area contributed by atoms with Crippen LogP contribution in [0.5, 0.6) is 0 Å². The molecule has 34 heavy (non-hydrogen) atoms. The van der Waals surface area contributed by atoms with Crippen molar-refractivity contribution in [3.8, 4) is 0 Å². The average molecular weight is 592 g/mol. The van der Waals surface area contributed by atoms with Crippen LogP contribution in [-0.4, -0.2) is 63.4 Å². The summed E-state index contributed by atoms with van der Waals surface area (Å²) in [6, 6.07) is 0. The molecule has 4 nitrogen and oxygen atoms in total. The maximum Gasteiger partial charge on any atom is 0.460 e. The highest BCUT2D eigenvalue weighted by Gasteiger charge is 2.88. The summed E-state index contributed by atoms with van der Waals surface area (Å²) < 4.78 is 270. The first-order valence-corrected chi connectivity index (χ1v) is 9.70. The summed E-state index contributed by atoms with van der Waals surface area (Å²) in [5, 5.41) is -16.4. The van der Waals surface area contributed by atoms with E-state index in [2.05, 4.69) is 0 Å². The average Bonchev–Trinajstić information content (AvgIpc) is 2.57. The number of rotatable bonds is 8. The molecule has 0 saturated carbocycles. The molecule has 0 aromatic heterocycles. The van der Waals surface area contributed by atoms with Gasteiger partial charge in [0.05, 0.1) is 0 Å². The van der Waals surface area contributed by atoms with E-state index >= 15 is 0 Å². The van der Waals surface area contributed by atoms with E-state index in [1.54, 1.807) is 0 Å². The van der Waals surface area contributed by atoms with Crippen molar-refractivity contribution in [3.63, 3.8) is 0 Å². The summed E-state index contributed by atoms with van der Waals surface area (Å²) in [5.41, 5.74) is 0. The predicted octanol–water partition coefficient (Wildman–Crippen LogP) is 5.14. The Kier molecular flexibility index (Phi) is 7.32. The van der Waals surface area contributed by atoms with E-state index in [9.17, 15) is 95.9 Å². The smallest absolute Gasteiger partial charge is 0.216 e. The standard InChI is InChI=1S/C10H2F18O4S2/c1-2(33(29,30)9(25,26)5(15,16)3(11,12)7(19,20)21)34(31,32)10(27,28)6(17,18)4(13,14)8(22,23)24/h1H2. The fraction of sp³-hybridized carbons (Fsp3) is 0.800. The summed E-state index contributed by atoms with van der Waals surface area (Å²) in [4.78, 5) is 0. The van der Waals surface area contributed by atoms with E-state index in [-0.39, 0.29) is 0 Å². The van der Waals surface area contributed by atoms with Gasteiger partial charge in [0.1, 0.15) is 0 Å². The molecule has 0 fully saturated rings. The Balaban J connectivity index is 7.05.